The van der Waals surface area contributed by atoms with Crippen LogP contribution < -0.4 is 10.2 Å². The molecule has 1 fully saturated rings. The zero-order valence-electron chi connectivity index (χ0n) is 20.8. The largest absolute Gasteiger partial charge is 0.369 e. The number of nitrogens with one attached hydrogen (secondary N) is 1. The molecule has 0 radical (unpaired) electrons. The normalized spacial score (nSPS) is 21.3. The first kappa shape index (κ1) is 25.6. The summed E-state index contributed by atoms with van der Waals surface area (Å²) in [6.07, 6.45) is 5.02. The van der Waals surface area contributed by atoms with E-state index in [-0.39, 0.29) is 18.2 Å². The fourth-order valence-electron chi connectivity index (χ4n) is 5.13. The molecule has 0 saturated heterocycles. The van der Waals surface area contributed by atoms with E-state index in [4.69, 9.17) is 0 Å². The van der Waals surface area contributed by atoms with E-state index in [1.165, 1.54) is 12.8 Å². The van der Waals surface area contributed by atoms with Crippen LogP contribution in [0.3, 0.4) is 0 Å². The molecule has 1 saturated carbocycles. The van der Waals surface area contributed by atoms with Crippen molar-refractivity contribution < 1.29 is 9.59 Å². The third kappa shape index (κ3) is 5.93. The predicted molar refractivity (Wildman–Crippen MR) is 139 cm³/mol. The van der Waals surface area contributed by atoms with Gasteiger partial charge in [-0.05, 0) is 85.2 Å². The third-order valence-corrected chi connectivity index (χ3v) is 7.51. The van der Waals surface area contributed by atoms with Gasteiger partial charge in [0.05, 0.1) is 0 Å². The molecule has 2 aliphatic rings. The topological polar surface area (TPSA) is 65.0 Å². The van der Waals surface area contributed by atoms with E-state index >= 15 is 0 Å². The summed E-state index contributed by atoms with van der Waals surface area (Å²) in [7, 11) is 4.33. The van der Waals surface area contributed by atoms with Gasteiger partial charge in [-0.2, -0.15) is 0 Å². The number of hydrogen-bond donors (Lipinski definition) is 1. The lowest BCUT2D eigenvalue weighted by Crippen LogP contribution is -2.42. The Labute approximate surface area is 206 Å². The fourth-order valence-corrected chi connectivity index (χ4v) is 5.58. The second-order valence-corrected chi connectivity index (χ2v) is 10.4. The molecule has 6 nitrogen and oxygen atoms in total. The molecule has 1 aromatic rings. The number of Topliss-reactive ketones (excluding diaryl/α,β-unsaturated/α-hetero) is 1. The molecular formula is C26H37BrN4O2. The summed E-state index contributed by atoms with van der Waals surface area (Å²) in [6, 6.07) is 5.13. The van der Waals surface area contributed by atoms with Gasteiger partial charge in [-0.1, -0.05) is 15.9 Å². The summed E-state index contributed by atoms with van der Waals surface area (Å²) in [5.74, 6) is -0.126. The monoisotopic (exact) mass is 516 g/mol. The lowest BCUT2D eigenvalue weighted by molar-refractivity contribution is -0.114. The van der Waals surface area contributed by atoms with Crippen molar-refractivity contribution in [3.63, 3.8) is 0 Å². The van der Waals surface area contributed by atoms with E-state index in [2.05, 4.69) is 63.1 Å². The van der Waals surface area contributed by atoms with E-state index in [1.54, 1.807) is 0 Å². The standard InChI is InChI=1S/C26H37BrN4O2/c1-7-31(21-10-8-20(9-11-21)30(5)6)24-14-19(27)13-22(17(24)3)26(33)28-15-23-18(4)29-16(2)12-25(23)32/h13-14,20-21H,7-12,15H2,1-6H3,(H,28,33)/t20-,21-. The van der Waals surface area contributed by atoms with Crippen LogP contribution in [0.2, 0.25) is 0 Å². The quantitative estimate of drug-likeness (QED) is 0.559. The van der Waals surface area contributed by atoms with Crippen molar-refractivity contribution in [3.8, 4) is 0 Å². The molecule has 0 bridgehead atoms. The Hall–Kier alpha value is -1.99. The Morgan fingerprint density at radius 3 is 2.33 bits per heavy atom. The summed E-state index contributed by atoms with van der Waals surface area (Å²) in [5.41, 5.74) is 4.83. The van der Waals surface area contributed by atoms with Crippen LogP contribution >= 0.6 is 15.9 Å². The van der Waals surface area contributed by atoms with Crippen molar-refractivity contribution >= 4 is 39.0 Å². The minimum atomic E-state index is -0.165. The summed E-state index contributed by atoms with van der Waals surface area (Å²) >= 11 is 3.62. The molecule has 1 N–H and O–H groups in total. The van der Waals surface area contributed by atoms with E-state index in [1.807, 2.05) is 26.8 Å². The lowest BCUT2D eigenvalue weighted by Gasteiger charge is -2.40. The van der Waals surface area contributed by atoms with Crippen molar-refractivity contribution in [1.29, 1.82) is 0 Å². The highest BCUT2D eigenvalue weighted by molar-refractivity contribution is 9.10. The molecule has 0 aromatic heterocycles. The first-order valence-corrected chi connectivity index (χ1v) is 12.7. The lowest BCUT2D eigenvalue weighted by atomic mass is 9.89. The number of hydrogen-bond acceptors (Lipinski definition) is 5. The Morgan fingerprint density at radius 1 is 1.12 bits per heavy atom. The number of carbonyl (C=O) groups is 2. The smallest absolute Gasteiger partial charge is 0.251 e. The molecule has 1 heterocycles. The number of amides is 1. The first-order valence-electron chi connectivity index (χ1n) is 11.9. The van der Waals surface area contributed by atoms with Crippen LogP contribution in [0.5, 0.6) is 0 Å². The molecule has 1 amide bonds. The first-order chi connectivity index (χ1) is 15.6. The molecule has 3 rings (SSSR count). The maximum atomic E-state index is 13.2. The number of nitrogens with zero attached hydrogens (tertiary/aromatic N) is 3. The maximum absolute atomic E-state index is 13.2. The van der Waals surface area contributed by atoms with Gasteiger partial charge < -0.3 is 15.1 Å². The second-order valence-electron chi connectivity index (χ2n) is 9.50. The number of aliphatic imine (C=N–C) groups is 1. The average molecular weight is 518 g/mol. The van der Waals surface area contributed by atoms with Crippen LogP contribution in [0.15, 0.2) is 32.9 Å². The minimum absolute atomic E-state index is 0.0393. The van der Waals surface area contributed by atoms with Crippen molar-refractivity contribution in [2.45, 2.75) is 71.9 Å². The highest BCUT2D eigenvalue weighted by atomic mass is 79.9. The van der Waals surface area contributed by atoms with Crippen LogP contribution in [0, 0.1) is 6.92 Å². The van der Waals surface area contributed by atoms with Gasteiger partial charge in [0.25, 0.3) is 5.91 Å². The van der Waals surface area contributed by atoms with E-state index < -0.39 is 0 Å². The number of ketones is 1. The highest BCUT2D eigenvalue weighted by Crippen LogP contribution is 2.34. The molecule has 1 aromatic carbocycles. The average Bonchev–Trinajstić information content (AvgIpc) is 2.75. The number of carbonyl (C=O) groups excluding carboxylic acids is 2. The third-order valence-electron chi connectivity index (χ3n) is 7.05. The van der Waals surface area contributed by atoms with Gasteiger partial charge in [-0.3, -0.25) is 14.6 Å². The predicted octanol–water partition coefficient (Wildman–Crippen LogP) is 4.89. The van der Waals surface area contributed by atoms with E-state index in [9.17, 15) is 9.59 Å². The van der Waals surface area contributed by atoms with Crippen LogP contribution in [0.4, 0.5) is 5.69 Å². The fraction of sp³-hybridized carbons (Fsp3) is 0.577. The number of anilines is 1. The molecule has 1 aliphatic carbocycles. The van der Waals surface area contributed by atoms with Crippen molar-refractivity contribution in [3.05, 3.63) is 39.0 Å². The summed E-state index contributed by atoms with van der Waals surface area (Å²) < 4.78 is 0.887. The molecule has 0 spiro atoms. The zero-order valence-corrected chi connectivity index (χ0v) is 22.4. The summed E-state index contributed by atoms with van der Waals surface area (Å²) in [4.78, 5) is 34.8. The molecule has 1 aliphatic heterocycles. The van der Waals surface area contributed by atoms with Gasteiger partial charge in [-0.25, -0.2) is 0 Å². The van der Waals surface area contributed by atoms with E-state index in [0.717, 1.165) is 40.8 Å². The number of halogens is 1. The van der Waals surface area contributed by atoms with Gasteiger partial charge in [0.15, 0.2) is 5.78 Å². The van der Waals surface area contributed by atoms with Gasteiger partial charge in [0, 0.05) is 64.3 Å². The number of allylic oxidation sites excluding steroid dienone is 1. The second kappa shape index (κ2) is 11.0. The van der Waals surface area contributed by atoms with Crippen LogP contribution in [0.25, 0.3) is 0 Å². The Morgan fingerprint density at radius 2 is 1.76 bits per heavy atom. The Balaban J connectivity index is 1.79. The summed E-state index contributed by atoms with van der Waals surface area (Å²) in [5, 5.41) is 2.96. The van der Waals surface area contributed by atoms with Crippen molar-refractivity contribution in [1.82, 2.24) is 10.2 Å². The van der Waals surface area contributed by atoms with Gasteiger partial charge >= 0.3 is 0 Å². The zero-order chi connectivity index (χ0) is 24.3. The number of benzene rings is 1. The number of rotatable bonds is 7. The van der Waals surface area contributed by atoms with Gasteiger partial charge in [0.1, 0.15) is 0 Å². The molecular weight excluding hydrogens is 480 g/mol. The van der Waals surface area contributed by atoms with Gasteiger partial charge in [-0.15, -0.1) is 0 Å². The van der Waals surface area contributed by atoms with Crippen LogP contribution in [-0.2, 0) is 4.79 Å². The molecule has 7 heteroatoms. The molecule has 0 unspecified atom stereocenters. The van der Waals surface area contributed by atoms with Crippen molar-refractivity contribution in [2.24, 2.45) is 4.99 Å². The Bertz CT molecular complexity index is 975. The molecule has 180 valence electrons. The SMILES string of the molecule is CCN(c1cc(Br)cc(C(=O)NCC2=C(C)N=C(C)CC2=O)c1C)[C@H]1CC[C@H](N(C)C)CC1. The molecule has 33 heavy (non-hydrogen) atoms. The van der Waals surface area contributed by atoms with Crippen LogP contribution in [0.1, 0.15) is 68.8 Å². The van der Waals surface area contributed by atoms with Gasteiger partial charge in [0.2, 0.25) is 0 Å². The summed E-state index contributed by atoms with van der Waals surface area (Å²) in [6.45, 7) is 8.99. The highest BCUT2D eigenvalue weighted by Gasteiger charge is 2.28. The van der Waals surface area contributed by atoms with E-state index in [0.29, 0.717) is 35.3 Å². The Kier molecular flexibility index (Phi) is 8.51. The maximum Gasteiger partial charge on any atom is 0.251 e. The van der Waals surface area contributed by atoms with Crippen LogP contribution in [-0.4, -0.2) is 61.6 Å². The minimum Gasteiger partial charge on any atom is -0.369 e. The van der Waals surface area contributed by atoms with Crippen molar-refractivity contribution in [2.75, 3.05) is 32.1 Å². The molecule has 0 atom stereocenters.